The number of hydrogen-bond acceptors (Lipinski definition) is 2. The second-order valence-electron chi connectivity index (χ2n) is 6.31. The predicted octanol–water partition coefficient (Wildman–Crippen LogP) is 3.72. The molecule has 2 aromatic carbocycles. The van der Waals surface area contributed by atoms with Gasteiger partial charge in [-0.25, -0.2) is 0 Å². The van der Waals surface area contributed by atoms with Gasteiger partial charge in [0.2, 0.25) is 0 Å². The van der Waals surface area contributed by atoms with Gasteiger partial charge in [0.05, 0.1) is 5.60 Å². The fraction of sp³-hybridized carbons (Fsp3) is 0.368. The zero-order valence-corrected chi connectivity index (χ0v) is 12.5. The summed E-state index contributed by atoms with van der Waals surface area (Å²) >= 11 is 0. The molecule has 0 bridgehead atoms. The van der Waals surface area contributed by atoms with E-state index in [0.29, 0.717) is 6.42 Å². The van der Waals surface area contributed by atoms with Gasteiger partial charge in [0.25, 0.3) is 0 Å². The van der Waals surface area contributed by atoms with Crippen LogP contribution >= 0.6 is 0 Å². The molecule has 0 spiro atoms. The first kappa shape index (κ1) is 14.2. The van der Waals surface area contributed by atoms with E-state index >= 15 is 0 Å². The highest BCUT2D eigenvalue weighted by Crippen LogP contribution is 2.30. The molecule has 2 aromatic rings. The monoisotopic (exact) mass is 282 g/mol. The maximum atomic E-state index is 10.8. The first-order valence-electron chi connectivity index (χ1n) is 7.67. The molecular formula is C19H22O2. The Bertz CT molecular complexity index is 627. The van der Waals surface area contributed by atoms with E-state index in [1.807, 2.05) is 19.1 Å². The molecule has 0 saturated carbocycles. The van der Waals surface area contributed by atoms with Crippen molar-refractivity contribution in [1.82, 2.24) is 0 Å². The molecule has 1 atom stereocenters. The van der Waals surface area contributed by atoms with Crippen LogP contribution in [0.25, 0.3) is 0 Å². The van der Waals surface area contributed by atoms with Crippen LogP contribution in [0.2, 0.25) is 0 Å². The van der Waals surface area contributed by atoms with Gasteiger partial charge in [-0.2, -0.15) is 0 Å². The molecule has 2 heteroatoms. The zero-order chi connectivity index (χ0) is 14.9. The summed E-state index contributed by atoms with van der Waals surface area (Å²) in [7, 11) is 0. The standard InChI is InChI=1S/C19H22O2/c1-19(21,13-14-6-10-18(20)11-7-14)17-9-8-15-4-2-3-5-16(15)12-17/h6-12,20-21H,2-5,13H2,1H3. The summed E-state index contributed by atoms with van der Waals surface area (Å²) < 4.78 is 0. The Balaban J connectivity index is 1.85. The molecule has 0 fully saturated rings. The number of rotatable bonds is 3. The fourth-order valence-corrected chi connectivity index (χ4v) is 3.18. The molecule has 1 unspecified atom stereocenters. The molecule has 0 radical (unpaired) electrons. The molecule has 0 amide bonds. The van der Waals surface area contributed by atoms with E-state index in [1.165, 1.54) is 24.0 Å². The lowest BCUT2D eigenvalue weighted by Gasteiger charge is -2.26. The first-order valence-corrected chi connectivity index (χ1v) is 7.67. The molecule has 2 nitrogen and oxygen atoms in total. The minimum Gasteiger partial charge on any atom is -0.508 e. The van der Waals surface area contributed by atoms with Crippen LogP contribution in [0.15, 0.2) is 42.5 Å². The SMILES string of the molecule is CC(O)(Cc1ccc(O)cc1)c1ccc2c(c1)CCCC2. The molecule has 110 valence electrons. The Morgan fingerprint density at radius 2 is 1.62 bits per heavy atom. The molecule has 0 aliphatic heterocycles. The maximum absolute atomic E-state index is 10.8. The van der Waals surface area contributed by atoms with Gasteiger partial charge in [-0.15, -0.1) is 0 Å². The number of benzene rings is 2. The smallest absolute Gasteiger partial charge is 0.115 e. The van der Waals surface area contributed by atoms with Gasteiger partial charge in [-0.05, 0) is 67.0 Å². The second-order valence-corrected chi connectivity index (χ2v) is 6.31. The fourth-order valence-electron chi connectivity index (χ4n) is 3.18. The summed E-state index contributed by atoms with van der Waals surface area (Å²) in [5, 5.41) is 20.2. The van der Waals surface area contributed by atoms with Crippen LogP contribution in [0.5, 0.6) is 5.75 Å². The van der Waals surface area contributed by atoms with Crippen molar-refractivity contribution in [2.45, 2.75) is 44.6 Å². The highest BCUT2D eigenvalue weighted by atomic mass is 16.3. The van der Waals surface area contributed by atoms with Crippen molar-refractivity contribution in [2.24, 2.45) is 0 Å². The highest BCUT2D eigenvalue weighted by molar-refractivity contribution is 5.37. The van der Waals surface area contributed by atoms with Gasteiger partial charge in [0, 0.05) is 6.42 Å². The molecule has 0 aromatic heterocycles. The lowest BCUT2D eigenvalue weighted by molar-refractivity contribution is 0.0575. The number of phenolic OH excluding ortho intramolecular Hbond substituents is 1. The van der Waals surface area contributed by atoms with Crippen molar-refractivity contribution in [3.05, 3.63) is 64.7 Å². The minimum atomic E-state index is -0.885. The molecule has 1 aliphatic rings. The van der Waals surface area contributed by atoms with Gasteiger partial charge in [-0.1, -0.05) is 30.3 Å². The van der Waals surface area contributed by atoms with Crippen molar-refractivity contribution in [2.75, 3.05) is 0 Å². The molecular weight excluding hydrogens is 260 g/mol. The summed E-state index contributed by atoms with van der Waals surface area (Å²) in [6.45, 7) is 1.87. The van der Waals surface area contributed by atoms with E-state index in [2.05, 4.69) is 18.2 Å². The predicted molar refractivity (Wildman–Crippen MR) is 84.5 cm³/mol. The van der Waals surface area contributed by atoms with Crippen molar-refractivity contribution >= 4 is 0 Å². The van der Waals surface area contributed by atoms with Crippen LogP contribution in [0, 0.1) is 0 Å². The third-order valence-corrected chi connectivity index (χ3v) is 4.46. The summed E-state index contributed by atoms with van der Waals surface area (Å²) in [6.07, 6.45) is 5.35. The topological polar surface area (TPSA) is 40.5 Å². The van der Waals surface area contributed by atoms with Crippen LogP contribution in [-0.4, -0.2) is 10.2 Å². The van der Waals surface area contributed by atoms with E-state index in [0.717, 1.165) is 24.0 Å². The van der Waals surface area contributed by atoms with Crippen LogP contribution < -0.4 is 0 Å². The zero-order valence-electron chi connectivity index (χ0n) is 12.5. The molecule has 21 heavy (non-hydrogen) atoms. The van der Waals surface area contributed by atoms with Crippen molar-refractivity contribution < 1.29 is 10.2 Å². The van der Waals surface area contributed by atoms with Crippen molar-refractivity contribution in [3.63, 3.8) is 0 Å². The van der Waals surface area contributed by atoms with Gasteiger partial charge >= 0.3 is 0 Å². The van der Waals surface area contributed by atoms with Gasteiger partial charge in [0.15, 0.2) is 0 Å². The Morgan fingerprint density at radius 1 is 0.952 bits per heavy atom. The lowest BCUT2D eigenvalue weighted by atomic mass is 9.84. The first-order chi connectivity index (χ1) is 10.0. The molecule has 3 rings (SSSR count). The second kappa shape index (κ2) is 5.53. The lowest BCUT2D eigenvalue weighted by Crippen LogP contribution is -2.24. The minimum absolute atomic E-state index is 0.257. The Hall–Kier alpha value is -1.80. The summed E-state index contributed by atoms with van der Waals surface area (Å²) in [5.74, 6) is 0.257. The number of aliphatic hydroxyl groups is 1. The third-order valence-electron chi connectivity index (χ3n) is 4.46. The Labute approximate surface area is 126 Å². The summed E-state index contributed by atoms with van der Waals surface area (Å²) in [6, 6.07) is 13.5. The summed E-state index contributed by atoms with van der Waals surface area (Å²) in [5.41, 5.74) is 3.95. The van der Waals surface area contributed by atoms with Crippen LogP contribution in [-0.2, 0) is 24.9 Å². The Morgan fingerprint density at radius 3 is 2.33 bits per heavy atom. The number of phenols is 1. The maximum Gasteiger partial charge on any atom is 0.115 e. The van der Waals surface area contributed by atoms with E-state index in [1.54, 1.807) is 12.1 Å². The average Bonchev–Trinajstić information content (AvgIpc) is 2.49. The molecule has 0 saturated heterocycles. The van der Waals surface area contributed by atoms with Crippen LogP contribution in [0.4, 0.5) is 0 Å². The van der Waals surface area contributed by atoms with Crippen LogP contribution in [0.3, 0.4) is 0 Å². The van der Waals surface area contributed by atoms with Crippen molar-refractivity contribution in [1.29, 1.82) is 0 Å². The highest BCUT2D eigenvalue weighted by Gasteiger charge is 2.25. The van der Waals surface area contributed by atoms with E-state index in [4.69, 9.17) is 0 Å². The van der Waals surface area contributed by atoms with Crippen molar-refractivity contribution in [3.8, 4) is 5.75 Å². The van der Waals surface area contributed by atoms with Gasteiger partial charge < -0.3 is 10.2 Å². The van der Waals surface area contributed by atoms with Gasteiger partial charge in [0.1, 0.15) is 5.75 Å². The molecule has 1 aliphatic carbocycles. The largest absolute Gasteiger partial charge is 0.508 e. The molecule has 2 N–H and O–H groups in total. The van der Waals surface area contributed by atoms with E-state index in [-0.39, 0.29) is 5.75 Å². The van der Waals surface area contributed by atoms with E-state index < -0.39 is 5.60 Å². The number of aromatic hydroxyl groups is 1. The molecule has 0 heterocycles. The number of hydrogen-bond donors (Lipinski definition) is 2. The summed E-state index contributed by atoms with van der Waals surface area (Å²) in [4.78, 5) is 0. The number of fused-ring (bicyclic) bond motifs is 1. The Kier molecular flexibility index (Phi) is 3.73. The van der Waals surface area contributed by atoms with E-state index in [9.17, 15) is 10.2 Å². The third kappa shape index (κ3) is 3.11. The average molecular weight is 282 g/mol. The quantitative estimate of drug-likeness (QED) is 0.900. The number of aryl methyl sites for hydroxylation is 2. The van der Waals surface area contributed by atoms with Crippen LogP contribution in [0.1, 0.15) is 42.0 Å². The van der Waals surface area contributed by atoms with Gasteiger partial charge in [-0.3, -0.25) is 0 Å². The normalized spacial score (nSPS) is 17.0.